The molecule has 146 valence electrons. The van der Waals surface area contributed by atoms with Gasteiger partial charge in [-0.05, 0) is 48.1 Å². The molecule has 1 unspecified atom stereocenters. The molecule has 1 heterocycles. The molecule has 1 N–H and O–H groups in total. The number of hydrogen-bond acceptors (Lipinski definition) is 4. The standard InChI is InChI=1S/C20H26N2O4S/c1-21-27(23,24)22-12-11-16-13-19(25-2)20(26-3)14-17(16)18(22)10-9-15-7-5-4-6-8-15/h4-8,13-14,18,21H,9-12H2,1-3H3. The van der Waals surface area contributed by atoms with Gasteiger partial charge in [0, 0.05) is 13.6 Å². The van der Waals surface area contributed by atoms with Gasteiger partial charge in [-0.25, -0.2) is 4.72 Å². The van der Waals surface area contributed by atoms with Gasteiger partial charge in [-0.2, -0.15) is 12.7 Å². The van der Waals surface area contributed by atoms with Gasteiger partial charge in [-0.1, -0.05) is 30.3 Å². The second kappa shape index (κ2) is 8.29. The molecule has 0 spiro atoms. The van der Waals surface area contributed by atoms with Crippen molar-refractivity contribution >= 4 is 10.2 Å². The van der Waals surface area contributed by atoms with Gasteiger partial charge in [0.15, 0.2) is 11.5 Å². The van der Waals surface area contributed by atoms with E-state index in [1.807, 2.05) is 30.3 Å². The summed E-state index contributed by atoms with van der Waals surface area (Å²) < 4.78 is 40.1. The summed E-state index contributed by atoms with van der Waals surface area (Å²) >= 11 is 0. The lowest BCUT2D eigenvalue weighted by molar-refractivity contribution is 0.287. The van der Waals surface area contributed by atoms with Crippen LogP contribution < -0.4 is 14.2 Å². The van der Waals surface area contributed by atoms with E-state index in [-0.39, 0.29) is 6.04 Å². The van der Waals surface area contributed by atoms with E-state index in [4.69, 9.17) is 9.47 Å². The highest BCUT2D eigenvalue weighted by atomic mass is 32.2. The van der Waals surface area contributed by atoms with Gasteiger partial charge in [-0.15, -0.1) is 0 Å². The molecule has 0 bridgehead atoms. The van der Waals surface area contributed by atoms with Crippen LogP contribution in [0.2, 0.25) is 0 Å². The Morgan fingerprint density at radius 1 is 1.11 bits per heavy atom. The fourth-order valence-electron chi connectivity index (χ4n) is 3.66. The first-order valence-corrected chi connectivity index (χ1v) is 10.4. The van der Waals surface area contributed by atoms with Gasteiger partial charge < -0.3 is 9.47 Å². The number of nitrogens with one attached hydrogen (secondary N) is 1. The zero-order chi connectivity index (χ0) is 19.4. The van der Waals surface area contributed by atoms with E-state index >= 15 is 0 Å². The lowest BCUT2D eigenvalue weighted by Gasteiger charge is -2.36. The van der Waals surface area contributed by atoms with Crippen molar-refractivity contribution in [3.8, 4) is 11.5 Å². The molecule has 2 aromatic carbocycles. The molecule has 3 rings (SSSR count). The molecule has 6 nitrogen and oxygen atoms in total. The molecule has 0 radical (unpaired) electrons. The second-order valence-electron chi connectivity index (χ2n) is 6.52. The van der Waals surface area contributed by atoms with Crippen LogP contribution in [0, 0.1) is 0 Å². The molecule has 0 saturated carbocycles. The Kier molecular flexibility index (Phi) is 6.04. The minimum atomic E-state index is -3.54. The lowest BCUT2D eigenvalue weighted by atomic mass is 9.90. The molecule has 0 amide bonds. The van der Waals surface area contributed by atoms with Crippen molar-refractivity contribution in [1.82, 2.24) is 9.03 Å². The number of benzene rings is 2. The minimum absolute atomic E-state index is 0.258. The van der Waals surface area contributed by atoms with E-state index in [0.29, 0.717) is 30.9 Å². The molecule has 0 aliphatic carbocycles. The number of ether oxygens (including phenoxy) is 2. The molecule has 2 aromatic rings. The summed E-state index contributed by atoms with van der Waals surface area (Å²) in [5.41, 5.74) is 3.27. The molecule has 1 aliphatic heterocycles. The number of fused-ring (bicyclic) bond motifs is 1. The van der Waals surface area contributed by atoms with Crippen LogP contribution in [0.4, 0.5) is 0 Å². The first kappa shape index (κ1) is 19.7. The van der Waals surface area contributed by atoms with Crippen LogP contribution in [-0.2, 0) is 23.1 Å². The van der Waals surface area contributed by atoms with Crippen molar-refractivity contribution in [3.63, 3.8) is 0 Å². The summed E-state index contributed by atoms with van der Waals surface area (Å²) in [4.78, 5) is 0. The van der Waals surface area contributed by atoms with E-state index in [9.17, 15) is 8.42 Å². The third-order valence-corrected chi connectivity index (χ3v) is 6.64. The van der Waals surface area contributed by atoms with Crippen molar-refractivity contribution in [2.75, 3.05) is 27.8 Å². The topological polar surface area (TPSA) is 67.9 Å². The Morgan fingerprint density at radius 3 is 2.41 bits per heavy atom. The predicted molar refractivity (Wildman–Crippen MR) is 105 cm³/mol. The van der Waals surface area contributed by atoms with Crippen molar-refractivity contribution < 1.29 is 17.9 Å². The third-order valence-electron chi connectivity index (χ3n) is 5.07. The Balaban J connectivity index is 2.00. The summed E-state index contributed by atoms with van der Waals surface area (Å²) in [5, 5.41) is 0. The average Bonchev–Trinajstić information content (AvgIpc) is 2.71. The van der Waals surface area contributed by atoms with E-state index in [0.717, 1.165) is 17.5 Å². The molecular formula is C20H26N2O4S. The van der Waals surface area contributed by atoms with Gasteiger partial charge in [0.2, 0.25) is 0 Å². The van der Waals surface area contributed by atoms with Crippen molar-refractivity contribution in [2.45, 2.75) is 25.3 Å². The Morgan fingerprint density at radius 2 is 1.78 bits per heavy atom. The monoisotopic (exact) mass is 390 g/mol. The first-order chi connectivity index (χ1) is 13.0. The molecule has 1 atom stereocenters. The number of nitrogens with zero attached hydrogens (tertiary/aromatic N) is 1. The maximum Gasteiger partial charge on any atom is 0.279 e. The molecule has 27 heavy (non-hydrogen) atoms. The van der Waals surface area contributed by atoms with Gasteiger partial charge in [0.05, 0.1) is 20.3 Å². The fraction of sp³-hybridized carbons (Fsp3) is 0.400. The first-order valence-electron chi connectivity index (χ1n) is 8.99. The van der Waals surface area contributed by atoms with E-state index in [1.54, 1.807) is 18.5 Å². The van der Waals surface area contributed by atoms with E-state index in [2.05, 4.69) is 16.9 Å². The highest BCUT2D eigenvalue weighted by Gasteiger charge is 2.35. The summed E-state index contributed by atoms with van der Waals surface area (Å²) in [5.74, 6) is 1.28. The average molecular weight is 391 g/mol. The SMILES string of the molecule is CNS(=O)(=O)N1CCc2cc(OC)c(OC)cc2C1CCc1ccccc1. The summed E-state index contributed by atoms with van der Waals surface area (Å²) in [6, 6.07) is 13.7. The van der Waals surface area contributed by atoms with Crippen molar-refractivity contribution in [3.05, 3.63) is 59.2 Å². The zero-order valence-corrected chi connectivity index (χ0v) is 16.8. The van der Waals surface area contributed by atoms with Crippen LogP contribution in [0.15, 0.2) is 42.5 Å². The Hall–Kier alpha value is -2.09. The van der Waals surface area contributed by atoms with E-state index < -0.39 is 10.2 Å². The largest absolute Gasteiger partial charge is 0.493 e. The van der Waals surface area contributed by atoms with Crippen LogP contribution in [-0.4, -0.2) is 40.5 Å². The molecular weight excluding hydrogens is 364 g/mol. The quantitative estimate of drug-likeness (QED) is 0.789. The highest BCUT2D eigenvalue weighted by molar-refractivity contribution is 7.87. The van der Waals surface area contributed by atoms with Gasteiger partial charge in [0.25, 0.3) is 10.2 Å². The second-order valence-corrected chi connectivity index (χ2v) is 8.34. The van der Waals surface area contributed by atoms with Crippen LogP contribution in [0.3, 0.4) is 0 Å². The van der Waals surface area contributed by atoms with Crippen LogP contribution in [0.25, 0.3) is 0 Å². The van der Waals surface area contributed by atoms with Crippen molar-refractivity contribution in [1.29, 1.82) is 0 Å². The van der Waals surface area contributed by atoms with Gasteiger partial charge >= 0.3 is 0 Å². The molecule has 1 aliphatic rings. The molecule has 7 heteroatoms. The number of aryl methyl sites for hydroxylation is 1. The summed E-state index contributed by atoms with van der Waals surface area (Å²) in [7, 11) is 1.11. The fourth-order valence-corrected chi connectivity index (χ4v) is 4.78. The number of methoxy groups -OCH3 is 2. The normalized spacial score (nSPS) is 17.4. The van der Waals surface area contributed by atoms with Crippen LogP contribution in [0.1, 0.15) is 29.2 Å². The van der Waals surface area contributed by atoms with Crippen molar-refractivity contribution in [2.24, 2.45) is 0 Å². The molecule has 0 aromatic heterocycles. The Bertz CT molecular complexity index is 884. The van der Waals surface area contributed by atoms with Crippen LogP contribution >= 0.6 is 0 Å². The van der Waals surface area contributed by atoms with Gasteiger partial charge in [-0.3, -0.25) is 0 Å². The predicted octanol–water partition coefficient (Wildman–Crippen LogP) is 2.70. The lowest BCUT2D eigenvalue weighted by Crippen LogP contribution is -2.45. The number of rotatable bonds is 7. The van der Waals surface area contributed by atoms with Crippen LogP contribution in [0.5, 0.6) is 11.5 Å². The maximum absolute atomic E-state index is 12.6. The Labute approximate surface area is 161 Å². The highest BCUT2D eigenvalue weighted by Crippen LogP contribution is 2.40. The van der Waals surface area contributed by atoms with E-state index in [1.165, 1.54) is 12.6 Å². The van der Waals surface area contributed by atoms with Gasteiger partial charge in [0.1, 0.15) is 0 Å². The maximum atomic E-state index is 12.6. The molecule has 0 fully saturated rings. The minimum Gasteiger partial charge on any atom is -0.493 e. The summed E-state index contributed by atoms with van der Waals surface area (Å²) in [6.07, 6.45) is 2.11. The number of hydrogen-bond donors (Lipinski definition) is 1. The smallest absolute Gasteiger partial charge is 0.279 e. The molecule has 0 saturated heterocycles. The zero-order valence-electron chi connectivity index (χ0n) is 15.9. The third kappa shape index (κ3) is 4.10. The summed E-state index contributed by atoms with van der Waals surface area (Å²) in [6.45, 7) is 0.436.